The lowest BCUT2D eigenvalue weighted by Crippen LogP contribution is -2.43. The van der Waals surface area contributed by atoms with E-state index in [1.54, 1.807) is 35.6 Å². The molecule has 1 fully saturated rings. The molecule has 1 saturated carbocycles. The Morgan fingerprint density at radius 1 is 1.18 bits per heavy atom. The van der Waals surface area contributed by atoms with E-state index in [4.69, 9.17) is 9.72 Å². The van der Waals surface area contributed by atoms with Crippen LogP contribution in [0.2, 0.25) is 0 Å². The van der Waals surface area contributed by atoms with Gasteiger partial charge in [0.05, 0.1) is 7.11 Å². The number of carbonyl (C=O) groups is 2. The number of thiophene rings is 1. The average molecular weight is 481 g/mol. The summed E-state index contributed by atoms with van der Waals surface area (Å²) in [4.78, 5) is 32.7. The molecule has 180 valence electrons. The lowest BCUT2D eigenvalue weighted by molar-refractivity contribution is -0.142. The van der Waals surface area contributed by atoms with E-state index >= 15 is 0 Å². The van der Waals surface area contributed by atoms with E-state index in [1.807, 2.05) is 6.07 Å². The van der Waals surface area contributed by atoms with Gasteiger partial charge < -0.3 is 15.2 Å². The highest BCUT2D eigenvalue weighted by atomic mass is 32.1. The number of methoxy groups -OCH3 is 1. The fraction of sp³-hybridized carbons (Fsp3) is 0.444. The first kappa shape index (κ1) is 24.2. The van der Waals surface area contributed by atoms with Crippen molar-refractivity contribution in [3.8, 4) is 5.75 Å². The van der Waals surface area contributed by atoms with Gasteiger partial charge in [-0.2, -0.15) is 0 Å². The highest BCUT2D eigenvalue weighted by Crippen LogP contribution is 2.31. The number of nitrogens with one attached hydrogen (secondary N) is 1. The summed E-state index contributed by atoms with van der Waals surface area (Å²) in [7, 11) is 1.33. The van der Waals surface area contributed by atoms with E-state index in [0.717, 1.165) is 40.6 Å². The molecule has 6 nitrogen and oxygen atoms in total. The number of carbonyl (C=O) groups excluding carboxylic acids is 2. The number of benzene rings is 1. The van der Waals surface area contributed by atoms with Gasteiger partial charge in [-0.25, -0.2) is 9.78 Å². The highest BCUT2D eigenvalue weighted by molar-refractivity contribution is 7.12. The van der Waals surface area contributed by atoms with Crippen LogP contribution in [0.15, 0.2) is 36.4 Å². The Kier molecular flexibility index (Phi) is 7.51. The van der Waals surface area contributed by atoms with E-state index < -0.39 is 17.9 Å². The second-order valence-corrected chi connectivity index (χ2v) is 10.6. The zero-order valence-electron chi connectivity index (χ0n) is 20.0. The van der Waals surface area contributed by atoms with Crippen LogP contribution in [-0.4, -0.2) is 35.1 Å². The smallest absolute Gasteiger partial charge is 0.328 e. The van der Waals surface area contributed by atoms with E-state index in [-0.39, 0.29) is 11.4 Å². The molecule has 0 saturated heterocycles. The van der Waals surface area contributed by atoms with Crippen molar-refractivity contribution in [1.29, 1.82) is 0 Å². The van der Waals surface area contributed by atoms with Crippen molar-refractivity contribution < 1.29 is 19.4 Å². The zero-order valence-corrected chi connectivity index (χ0v) is 20.8. The Morgan fingerprint density at radius 2 is 1.94 bits per heavy atom. The molecule has 0 aliphatic heterocycles. The van der Waals surface area contributed by atoms with Crippen molar-refractivity contribution in [3.05, 3.63) is 57.5 Å². The standard InChI is InChI=1S/C27H32N2O4S/c1-16(2)25-11-10-20(34-25)15-24(27(32)33-3)29-26(31)23-13-18-8-9-19(30)14-21(18)22(28-23)12-17-6-4-5-7-17/h8-11,13-14,16-17,24,30H,4-7,12,15H2,1-3H3,(H,29,31)/t24-/m0/s1. The Balaban J connectivity index is 1.60. The lowest BCUT2D eigenvalue weighted by Gasteiger charge is -2.17. The van der Waals surface area contributed by atoms with Crippen LogP contribution in [0.25, 0.3) is 10.8 Å². The molecule has 1 aromatic carbocycles. The van der Waals surface area contributed by atoms with Crippen LogP contribution in [0.5, 0.6) is 5.75 Å². The molecule has 1 amide bonds. The minimum atomic E-state index is -0.799. The molecule has 0 bridgehead atoms. The molecular weight excluding hydrogens is 448 g/mol. The molecule has 4 rings (SSSR count). The number of rotatable bonds is 8. The van der Waals surface area contributed by atoms with Gasteiger partial charge in [0.2, 0.25) is 0 Å². The van der Waals surface area contributed by atoms with Gasteiger partial charge in [0.15, 0.2) is 0 Å². The molecule has 0 unspecified atom stereocenters. The summed E-state index contributed by atoms with van der Waals surface area (Å²) < 4.78 is 4.97. The number of nitrogens with zero attached hydrogens (tertiary/aromatic N) is 1. The van der Waals surface area contributed by atoms with Gasteiger partial charge in [0.25, 0.3) is 5.91 Å². The molecule has 0 spiro atoms. The van der Waals surface area contributed by atoms with Crippen LogP contribution in [0, 0.1) is 5.92 Å². The predicted octanol–water partition coefficient (Wildman–Crippen LogP) is 5.37. The Bertz CT molecular complexity index is 1180. The molecule has 1 aliphatic rings. The van der Waals surface area contributed by atoms with Crippen LogP contribution >= 0.6 is 11.3 Å². The third kappa shape index (κ3) is 5.58. The van der Waals surface area contributed by atoms with Crippen LogP contribution < -0.4 is 5.32 Å². The lowest BCUT2D eigenvalue weighted by atomic mass is 9.97. The van der Waals surface area contributed by atoms with Gasteiger partial charge in [0, 0.05) is 27.3 Å². The minimum absolute atomic E-state index is 0.182. The van der Waals surface area contributed by atoms with E-state index in [0.29, 0.717) is 18.3 Å². The summed E-state index contributed by atoms with van der Waals surface area (Å²) in [6.07, 6.45) is 5.89. The third-order valence-corrected chi connectivity index (χ3v) is 7.94. The first-order valence-electron chi connectivity index (χ1n) is 11.9. The predicted molar refractivity (Wildman–Crippen MR) is 134 cm³/mol. The molecular formula is C27H32N2O4S. The van der Waals surface area contributed by atoms with E-state index in [1.165, 1.54) is 24.8 Å². The normalized spacial score (nSPS) is 15.1. The Hall–Kier alpha value is -2.93. The van der Waals surface area contributed by atoms with Gasteiger partial charge in [-0.15, -0.1) is 11.3 Å². The molecule has 2 heterocycles. The number of phenolic OH excluding ortho intramolecular Hbond substituents is 1. The molecule has 0 radical (unpaired) electrons. The molecule has 7 heteroatoms. The second-order valence-electron chi connectivity index (χ2n) is 9.43. The van der Waals surface area contributed by atoms with Gasteiger partial charge in [-0.05, 0) is 54.0 Å². The number of aromatic nitrogens is 1. The van der Waals surface area contributed by atoms with Gasteiger partial charge in [0.1, 0.15) is 17.5 Å². The maximum Gasteiger partial charge on any atom is 0.328 e. The van der Waals surface area contributed by atoms with Crippen molar-refractivity contribution in [2.24, 2.45) is 5.92 Å². The SMILES string of the molecule is COC(=O)[C@H](Cc1ccc(C(C)C)s1)NC(=O)c1cc2ccc(O)cc2c(CC2CCCC2)n1. The first-order valence-corrected chi connectivity index (χ1v) is 12.8. The van der Waals surface area contributed by atoms with Gasteiger partial charge in [-0.1, -0.05) is 45.6 Å². The Morgan fingerprint density at radius 3 is 2.62 bits per heavy atom. The number of phenols is 1. The number of aromatic hydroxyl groups is 1. The number of hydrogen-bond donors (Lipinski definition) is 2. The van der Waals surface area contributed by atoms with Crippen molar-refractivity contribution in [2.75, 3.05) is 7.11 Å². The molecule has 1 atom stereocenters. The number of pyridine rings is 1. The summed E-state index contributed by atoms with van der Waals surface area (Å²) in [6, 6.07) is 10.1. The fourth-order valence-electron chi connectivity index (χ4n) is 4.65. The van der Waals surface area contributed by atoms with Crippen LogP contribution in [0.4, 0.5) is 0 Å². The highest BCUT2D eigenvalue weighted by Gasteiger charge is 2.25. The monoisotopic (exact) mass is 480 g/mol. The Labute approximate surface area is 204 Å². The summed E-state index contributed by atoms with van der Waals surface area (Å²) in [5.41, 5.74) is 1.09. The molecule has 2 aromatic heterocycles. The molecule has 2 N–H and O–H groups in total. The van der Waals surface area contributed by atoms with Crippen LogP contribution in [0.1, 0.15) is 71.4 Å². The van der Waals surface area contributed by atoms with Crippen LogP contribution in [-0.2, 0) is 22.4 Å². The number of ether oxygens (including phenoxy) is 1. The summed E-state index contributed by atoms with van der Waals surface area (Å²) in [5.74, 6) is 0.239. The van der Waals surface area contributed by atoms with Crippen molar-refractivity contribution in [1.82, 2.24) is 10.3 Å². The maximum atomic E-state index is 13.3. The van der Waals surface area contributed by atoms with Crippen molar-refractivity contribution >= 4 is 34.0 Å². The van der Waals surface area contributed by atoms with E-state index in [2.05, 4.69) is 25.2 Å². The number of fused-ring (bicyclic) bond motifs is 1. The summed E-state index contributed by atoms with van der Waals surface area (Å²) in [6.45, 7) is 4.26. The van der Waals surface area contributed by atoms with Gasteiger partial charge >= 0.3 is 5.97 Å². The summed E-state index contributed by atoms with van der Waals surface area (Å²) >= 11 is 1.65. The average Bonchev–Trinajstić information content (AvgIpc) is 3.50. The third-order valence-electron chi connectivity index (χ3n) is 6.53. The van der Waals surface area contributed by atoms with E-state index in [9.17, 15) is 14.7 Å². The largest absolute Gasteiger partial charge is 0.508 e. The molecule has 3 aromatic rings. The molecule has 1 aliphatic carbocycles. The number of hydrogen-bond acceptors (Lipinski definition) is 6. The van der Waals surface area contributed by atoms with Crippen molar-refractivity contribution in [3.63, 3.8) is 0 Å². The van der Waals surface area contributed by atoms with Crippen molar-refractivity contribution in [2.45, 2.75) is 64.3 Å². The zero-order chi connectivity index (χ0) is 24.2. The topological polar surface area (TPSA) is 88.5 Å². The number of esters is 1. The second kappa shape index (κ2) is 10.6. The summed E-state index contributed by atoms with van der Waals surface area (Å²) in [5, 5.41) is 14.6. The fourth-order valence-corrected chi connectivity index (χ4v) is 5.71. The first-order chi connectivity index (χ1) is 16.3. The number of amides is 1. The molecule has 34 heavy (non-hydrogen) atoms. The minimum Gasteiger partial charge on any atom is -0.508 e. The maximum absolute atomic E-state index is 13.3. The van der Waals surface area contributed by atoms with Crippen LogP contribution in [0.3, 0.4) is 0 Å². The van der Waals surface area contributed by atoms with Gasteiger partial charge in [-0.3, -0.25) is 4.79 Å². The quantitative estimate of drug-likeness (QED) is 0.423.